The van der Waals surface area contributed by atoms with E-state index in [9.17, 15) is 4.79 Å². The molecule has 4 rings (SSSR count). The lowest BCUT2D eigenvalue weighted by Crippen LogP contribution is -2.17. The van der Waals surface area contributed by atoms with Gasteiger partial charge >= 0.3 is 0 Å². The van der Waals surface area contributed by atoms with Crippen LogP contribution in [-0.4, -0.2) is 28.5 Å². The van der Waals surface area contributed by atoms with E-state index in [1.54, 1.807) is 35.2 Å². The van der Waals surface area contributed by atoms with Crippen LogP contribution in [0.1, 0.15) is 28.6 Å². The van der Waals surface area contributed by atoms with Gasteiger partial charge in [0, 0.05) is 17.3 Å². The Kier molecular flexibility index (Phi) is 5.93. The molecule has 0 saturated heterocycles. The fourth-order valence-corrected chi connectivity index (χ4v) is 3.04. The van der Waals surface area contributed by atoms with Crippen molar-refractivity contribution in [2.45, 2.75) is 13.8 Å². The first-order chi connectivity index (χ1) is 15.1. The highest BCUT2D eigenvalue weighted by Crippen LogP contribution is 2.24. The summed E-state index contributed by atoms with van der Waals surface area (Å²) in [6.07, 6.45) is 3.40. The Balaban J connectivity index is 1.55. The molecule has 0 spiro atoms. The van der Waals surface area contributed by atoms with Crippen LogP contribution in [0.5, 0.6) is 5.75 Å². The molecule has 0 bridgehead atoms. The van der Waals surface area contributed by atoms with Gasteiger partial charge in [-0.1, -0.05) is 18.2 Å². The summed E-state index contributed by atoms with van der Waals surface area (Å²) in [6, 6.07) is 20.4. The molecule has 7 nitrogen and oxygen atoms in total. The van der Waals surface area contributed by atoms with Crippen molar-refractivity contribution in [1.29, 1.82) is 0 Å². The van der Waals surface area contributed by atoms with Gasteiger partial charge in [-0.15, -0.1) is 0 Å². The molecule has 7 heteroatoms. The van der Waals surface area contributed by atoms with Crippen LogP contribution in [-0.2, 0) is 0 Å². The number of para-hydroxylation sites is 1. The summed E-state index contributed by atoms with van der Waals surface area (Å²) in [7, 11) is 0. The lowest BCUT2D eigenvalue weighted by molar-refractivity contribution is 0.0955. The van der Waals surface area contributed by atoms with Crippen molar-refractivity contribution in [2.24, 2.45) is 5.10 Å². The van der Waals surface area contributed by atoms with Crippen molar-refractivity contribution >= 4 is 12.1 Å². The van der Waals surface area contributed by atoms with Crippen molar-refractivity contribution in [2.75, 3.05) is 6.61 Å². The summed E-state index contributed by atoms with van der Waals surface area (Å²) in [5, 5.41) is 8.78. The van der Waals surface area contributed by atoms with Crippen LogP contribution in [0.4, 0.5) is 0 Å². The Morgan fingerprint density at radius 1 is 1.13 bits per heavy atom. The van der Waals surface area contributed by atoms with E-state index in [1.165, 1.54) is 0 Å². The smallest absolute Gasteiger partial charge is 0.271 e. The molecule has 2 aromatic heterocycles. The maximum atomic E-state index is 12.4. The highest BCUT2D eigenvalue weighted by Gasteiger charge is 2.14. The molecule has 2 aromatic carbocycles. The Hall–Kier alpha value is -4.13. The summed E-state index contributed by atoms with van der Waals surface area (Å²) in [5.74, 6) is 1.82. The van der Waals surface area contributed by atoms with E-state index in [2.05, 4.69) is 15.6 Å². The Morgan fingerprint density at radius 3 is 2.58 bits per heavy atom. The molecule has 0 atom stereocenters. The van der Waals surface area contributed by atoms with E-state index in [-0.39, 0.29) is 5.91 Å². The van der Waals surface area contributed by atoms with Crippen LogP contribution < -0.4 is 10.2 Å². The maximum Gasteiger partial charge on any atom is 0.271 e. The lowest BCUT2D eigenvalue weighted by Gasteiger charge is -2.03. The van der Waals surface area contributed by atoms with Gasteiger partial charge in [0.25, 0.3) is 5.91 Å². The third-order valence-corrected chi connectivity index (χ3v) is 4.53. The van der Waals surface area contributed by atoms with Gasteiger partial charge in [-0.05, 0) is 62.4 Å². The molecule has 1 amide bonds. The number of carbonyl (C=O) groups excluding carboxylic acids is 1. The number of aromatic nitrogens is 2. The van der Waals surface area contributed by atoms with Crippen LogP contribution >= 0.6 is 0 Å². The quantitative estimate of drug-likeness (QED) is 0.354. The third-order valence-electron chi connectivity index (χ3n) is 4.53. The first-order valence-corrected chi connectivity index (χ1v) is 9.92. The number of amides is 1. The SMILES string of the molecule is CCOc1ccc(C(=O)N/N=C/c2cn(-c3ccccc3)nc2-c2ccc(C)o2)cc1. The van der Waals surface area contributed by atoms with Crippen molar-refractivity contribution in [3.63, 3.8) is 0 Å². The van der Waals surface area contributed by atoms with E-state index in [4.69, 9.17) is 9.15 Å². The number of nitrogens with zero attached hydrogens (tertiary/aromatic N) is 3. The highest BCUT2D eigenvalue weighted by atomic mass is 16.5. The van der Waals surface area contributed by atoms with E-state index in [0.29, 0.717) is 34.9 Å². The first-order valence-electron chi connectivity index (χ1n) is 9.92. The molecular weight excluding hydrogens is 392 g/mol. The number of rotatable bonds is 7. The zero-order valence-electron chi connectivity index (χ0n) is 17.3. The zero-order valence-corrected chi connectivity index (χ0v) is 17.3. The predicted molar refractivity (Wildman–Crippen MR) is 119 cm³/mol. The Labute approximate surface area is 180 Å². The molecule has 0 saturated carbocycles. The van der Waals surface area contributed by atoms with Crippen molar-refractivity contribution in [3.05, 3.63) is 89.8 Å². The van der Waals surface area contributed by atoms with Crippen LogP contribution in [0.15, 0.2) is 82.4 Å². The standard InChI is InChI=1S/C24H22N4O3/c1-3-30-21-12-10-18(11-13-21)24(29)26-25-15-19-16-28(20-7-5-4-6-8-20)27-23(19)22-14-9-17(2)31-22/h4-16H,3H2,1-2H3,(H,26,29)/b25-15+. The highest BCUT2D eigenvalue weighted by molar-refractivity contribution is 5.95. The molecule has 0 aliphatic carbocycles. The molecule has 156 valence electrons. The van der Waals surface area contributed by atoms with Gasteiger partial charge in [-0.25, -0.2) is 10.1 Å². The van der Waals surface area contributed by atoms with Crippen molar-refractivity contribution in [1.82, 2.24) is 15.2 Å². The monoisotopic (exact) mass is 414 g/mol. The van der Waals surface area contributed by atoms with Gasteiger partial charge in [-0.2, -0.15) is 10.2 Å². The molecular formula is C24H22N4O3. The topological polar surface area (TPSA) is 81.6 Å². The summed E-state index contributed by atoms with van der Waals surface area (Å²) in [6.45, 7) is 4.36. The zero-order chi connectivity index (χ0) is 21.6. The molecule has 0 unspecified atom stereocenters. The number of hydrogen-bond acceptors (Lipinski definition) is 5. The minimum absolute atomic E-state index is 0.315. The van der Waals surface area contributed by atoms with Crippen LogP contribution in [0, 0.1) is 6.92 Å². The van der Waals surface area contributed by atoms with Crippen LogP contribution in [0.25, 0.3) is 17.1 Å². The van der Waals surface area contributed by atoms with Crippen molar-refractivity contribution in [3.8, 4) is 22.9 Å². The summed E-state index contributed by atoms with van der Waals surface area (Å²) in [4.78, 5) is 12.4. The molecule has 0 radical (unpaired) electrons. The van der Waals surface area contributed by atoms with Gasteiger partial charge in [0.15, 0.2) is 5.76 Å². The van der Waals surface area contributed by atoms with Gasteiger partial charge < -0.3 is 9.15 Å². The molecule has 4 aromatic rings. The molecule has 31 heavy (non-hydrogen) atoms. The molecule has 0 aliphatic heterocycles. The van der Waals surface area contributed by atoms with E-state index < -0.39 is 0 Å². The maximum absolute atomic E-state index is 12.4. The second-order valence-corrected chi connectivity index (χ2v) is 6.78. The molecule has 0 aliphatic rings. The fraction of sp³-hybridized carbons (Fsp3) is 0.125. The number of aryl methyl sites for hydroxylation is 1. The minimum Gasteiger partial charge on any atom is -0.494 e. The number of hydrogen-bond donors (Lipinski definition) is 1. The number of furan rings is 1. The minimum atomic E-state index is -0.315. The first kappa shape index (κ1) is 20.2. The van der Waals surface area contributed by atoms with Gasteiger partial charge in [0.2, 0.25) is 0 Å². The van der Waals surface area contributed by atoms with E-state index in [0.717, 1.165) is 11.4 Å². The van der Waals surface area contributed by atoms with E-state index >= 15 is 0 Å². The average Bonchev–Trinajstić information content (AvgIpc) is 3.41. The molecule has 2 heterocycles. The second kappa shape index (κ2) is 9.13. The number of carbonyl (C=O) groups is 1. The summed E-state index contributed by atoms with van der Waals surface area (Å²) >= 11 is 0. The summed E-state index contributed by atoms with van der Waals surface area (Å²) < 4.78 is 12.9. The van der Waals surface area contributed by atoms with Crippen molar-refractivity contribution < 1.29 is 13.9 Å². The second-order valence-electron chi connectivity index (χ2n) is 6.78. The molecule has 1 N–H and O–H groups in total. The van der Waals surface area contributed by atoms with Gasteiger partial charge in [0.05, 0.1) is 18.5 Å². The van der Waals surface area contributed by atoms with E-state index in [1.807, 2.05) is 62.5 Å². The average molecular weight is 414 g/mol. The largest absolute Gasteiger partial charge is 0.494 e. The predicted octanol–water partition coefficient (Wildman–Crippen LogP) is 4.60. The lowest BCUT2D eigenvalue weighted by atomic mass is 10.2. The fourth-order valence-electron chi connectivity index (χ4n) is 3.04. The van der Waals surface area contributed by atoms with Crippen LogP contribution in [0.2, 0.25) is 0 Å². The number of ether oxygens (including phenoxy) is 1. The van der Waals surface area contributed by atoms with Gasteiger partial charge in [-0.3, -0.25) is 4.79 Å². The number of hydrazone groups is 1. The van der Waals surface area contributed by atoms with Crippen LogP contribution in [0.3, 0.4) is 0 Å². The molecule has 0 fully saturated rings. The number of nitrogens with one attached hydrogen (secondary N) is 1. The Bertz CT molecular complexity index is 1190. The normalized spacial score (nSPS) is 11.0. The summed E-state index contributed by atoms with van der Waals surface area (Å²) in [5.41, 5.74) is 5.30. The van der Waals surface area contributed by atoms with Gasteiger partial charge in [0.1, 0.15) is 17.2 Å². The Morgan fingerprint density at radius 2 is 1.90 bits per heavy atom. The third kappa shape index (κ3) is 4.72. The number of benzene rings is 2.